The first-order chi connectivity index (χ1) is 8.15. The first-order valence-corrected chi connectivity index (χ1v) is 7.50. The summed E-state index contributed by atoms with van der Waals surface area (Å²) >= 11 is 5.17. The number of rotatable bonds is 7. The zero-order chi connectivity index (χ0) is 12.7. The Kier molecular flexibility index (Phi) is 6.36. The van der Waals surface area contributed by atoms with E-state index in [-0.39, 0.29) is 5.69 Å². The minimum absolute atomic E-state index is 0.102. The second-order valence-corrected chi connectivity index (χ2v) is 5.39. The van der Waals surface area contributed by atoms with Gasteiger partial charge in [0, 0.05) is 28.8 Å². The van der Waals surface area contributed by atoms with E-state index in [0.29, 0.717) is 0 Å². The summed E-state index contributed by atoms with van der Waals surface area (Å²) in [5.41, 5.74) is 1.00. The van der Waals surface area contributed by atoms with Crippen molar-refractivity contribution in [1.29, 1.82) is 0 Å². The summed E-state index contributed by atoms with van der Waals surface area (Å²) in [7, 11) is 0. The molecule has 0 saturated heterocycles. The van der Waals surface area contributed by atoms with Gasteiger partial charge < -0.3 is 5.32 Å². The summed E-state index contributed by atoms with van der Waals surface area (Å²) < 4.78 is 0.733. The first kappa shape index (κ1) is 14.3. The molecular formula is C11H15BrN2O2S. The third kappa shape index (κ3) is 4.95. The van der Waals surface area contributed by atoms with Crippen molar-refractivity contribution in [2.75, 3.05) is 23.9 Å². The van der Waals surface area contributed by atoms with Crippen molar-refractivity contribution in [2.24, 2.45) is 0 Å². The number of halogens is 1. The van der Waals surface area contributed by atoms with Crippen molar-refractivity contribution in [3.63, 3.8) is 0 Å². The lowest BCUT2D eigenvalue weighted by atomic mass is 10.2. The molecule has 0 bridgehead atoms. The lowest BCUT2D eigenvalue weighted by Crippen LogP contribution is -2.02. The average molecular weight is 319 g/mol. The topological polar surface area (TPSA) is 55.2 Å². The summed E-state index contributed by atoms with van der Waals surface area (Å²) in [6.07, 6.45) is 4.38. The molecule has 0 fully saturated rings. The molecule has 0 aliphatic rings. The zero-order valence-electron chi connectivity index (χ0n) is 9.61. The predicted octanol–water partition coefficient (Wildman–Crippen LogP) is 3.91. The third-order valence-electron chi connectivity index (χ3n) is 2.25. The molecule has 94 valence electrons. The fourth-order valence-electron chi connectivity index (χ4n) is 1.36. The molecule has 0 atom stereocenters. The van der Waals surface area contributed by atoms with Gasteiger partial charge in [0.05, 0.1) is 4.92 Å². The molecule has 17 heavy (non-hydrogen) atoms. The van der Waals surface area contributed by atoms with E-state index in [4.69, 9.17) is 0 Å². The normalized spacial score (nSPS) is 10.2. The maximum absolute atomic E-state index is 10.6. The van der Waals surface area contributed by atoms with Crippen molar-refractivity contribution < 1.29 is 4.92 Å². The van der Waals surface area contributed by atoms with E-state index in [1.165, 1.54) is 24.3 Å². The summed E-state index contributed by atoms with van der Waals surface area (Å²) in [4.78, 5) is 10.2. The molecule has 0 spiro atoms. The van der Waals surface area contributed by atoms with Crippen molar-refractivity contribution in [2.45, 2.75) is 12.8 Å². The highest BCUT2D eigenvalue weighted by Gasteiger charge is 2.08. The summed E-state index contributed by atoms with van der Waals surface area (Å²) in [6, 6.07) is 4.76. The largest absolute Gasteiger partial charge is 0.384 e. The fraction of sp³-hybridized carbons (Fsp3) is 0.455. The SMILES string of the molecule is CSCCCCNc1ccc([N+](=O)[O-])cc1Br. The van der Waals surface area contributed by atoms with Gasteiger partial charge in [-0.25, -0.2) is 0 Å². The average Bonchev–Trinajstić information content (AvgIpc) is 2.30. The van der Waals surface area contributed by atoms with Crippen LogP contribution in [0.25, 0.3) is 0 Å². The minimum Gasteiger partial charge on any atom is -0.384 e. The Bertz CT molecular complexity index is 388. The van der Waals surface area contributed by atoms with Crippen LogP contribution in [0.5, 0.6) is 0 Å². The highest BCUT2D eigenvalue weighted by Crippen LogP contribution is 2.26. The van der Waals surface area contributed by atoms with Crippen LogP contribution in [0.1, 0.15) is 12.8 Å². The molecule has 0 radical (unpaired) electrons. The number of non-ortho nitro benzene ring substituents is 1. The number of thioether (sulfide) groups is 1. The van der Waals surface area contributed by atoms with Gasteiger partial charge in [0.2, 0.25) is 0 Å². The van der Waals surface area contributed by atoms with Crippen LogP contribution in [0.3, 0.4) is 0 Å². The van der Waals surface area contributed by atoms with Gasteiger partial charge in [-0.1, -0.05) is 0 Å². The molecule has 0 saturated carbocycles. The molecular weight excluding hydrogens is 304 g/mol. The van der Waals surface area contributed by atoms with E-state index in [9.17, 15) is 10.1 Å². The van der Waals surface area contributed by atoms with E-state index >= 15 is 0 Å². The van der Waals surface area contributed by atoms with Gasteiger partial charge in [0.15, 0.2) is 0 Å². The van der Waals surface area contributed by atoms with Gasteiger partial charge in [0.1, 0.15) is 0 Å². The van der Waals surface area contributed by atoms with Crippen LogP contribution in [0.4, 0.5) is 11.4 Å². The maximum atomic E-state index is 10.6. The number of nitro groups is 1. The van der Waals surface area contributed by atoms with Crippen molar-refractivity contribution in [1.82, 2.24) is 0 Å². The van der Waals surface area contributed by atoms with Gasteiger partial charge in [-0.05, 0) is 46.8 Å². The van der Waals surface area contributed by atoms with Crippen LogP contribution in [0, 0.1) is 10.1 Å². The molecule has 0 aliphatic carbocycles. The van der Waals surface area contributed by atoms with Crippen molar-refractivity contribution >= 4 is 39.1 Å². The maximum Gasteiger partial charge on any atom is 0.270 e. The van der Waals surface area contributed by atoms with E-state index in [1.807, 2.05) is 11.8 Å². The number of benzene rings is 1. The van der Waals surface area contributed by atoms with Crippen molar-refractivity contribution in [3.05, 3.63) is 32.8 Å². The third-order valence-corrected chi connectivity index (χ3v) is 3.61. The lowest BCUT2D eigenvalue weighted by molar-refractivity contribution is -0.384. The summed E-state index contributed by atoms with van der Waals surface area (Å²) in [5, 5.41) is 13.8. The number of nitrogens with one attached hydrogen (secondary N) is 1. The Morgan fingerprint density at radius 3 is 2.82 bits per heavy atom. The molecule has 1 N–H and O–H groups in total. The molecule has 0 heterocycles. The summed E-state index contributed by atoms with van der Waals surface area (Å²) in [6.45, 7) is 0.886. The van der Waals surface area contributed by atoms with Crippen LogP contribution in [0.15, 0.2) is 22.7 Å². The predicted molar refractivity (Wildman–Crippen MR) is 76.9 cm³/mol. The number of hydrogen-bond acceptors (Lipinski definition) is 4. The highest BCUT2D eigenvalue weighted by atomic mass is 79.9. The Balaban J connectivity index is 2.46. The smallest absolute Gasteiger partial charge is 0.270 e. The van der Waals surface area contributed by atoms with Crippen LogP contribution in [-0.4, -0.2) is 23.5 Å². The molecule has 0 aromatic heterocycles. The Morgan fingerprint density at radius 1 is 1.47 bits per heavy atom. The fourth-order valence-corrected chi connectivity index (χ4v) is 2.36. The van der Waals surface area contributed by atoms with Gasteiger partial charge in [0.25, 0.3) is 5.69 Å². The van der Waals surface area contributed by atoms with Gasteiger partial charge in [-0.2, -0.15) is 11.8 Å². The molecule has 1 rings (SSSR count). The summed E-state index contributed by atoms with van der Waals surface area (Å²) in [5.74, 6) is 1.17. The van der Waals surface area contributed by atoms with Crippen LogP contribution in [-0.2, 0) is 0 Å². The molecule has 0 amide bonds. The van der Waals surface area contributed by atoms with Crippen LogP contribution < -0.4 is 5.32 Å². The van der Waals surface area contributed by atoms with Crippen LogP contribution in [0.2, 0.25) is 0 Å². The Hall–Kier alpha value is -0.750. The number of hydrogen-bond donors (Lipinski definition) is 1. The Morgan fingerprint density at radius 2 is 2.24 bits per heavy atom. The van der Waals surface area contributed by atoms with Gasteiger partial charge in [-0.15, -0.1) is 0 Å². The monoisotopic (exact) mass is 318 g/mol. The van der Waals surface area contributed by atoms with Gasteiger partial charge >= 0.3 is 0 Å². The number of nitro benzene ring substituents is 1. The number of nitrogens with zero attached hydrogens (tertiary/aromatic N) is 1. The highest BCUT2D eigenvalue weighted by molar-refractivity contribution is 9.10. The minimum atomic E-state index is -0.396. The first-order valence-electron chi connectivity index (χ1n) is 5.32. The zero-order valence-corrected chi connectivity index (χ0v) is 12.0. The number of anilines is 1. The lowest BCUT2D eigenvalue weighted by Gasteiger charge is -2.07. The second-order valence-electron chi connectivity index (χ2n) is 3.55. The van der Waals surface area contributed by atoms with E-state index < -0.39 is 4.92 Å². The molecule has 0 unspecified atom stereocenters. The van der Waals surface area contributed by atoms with E-state index in [1.54, 1.807) is 6.07 Å². The molecule has 6 heteroatoms. The quantitative estimate of drug-likeness (QED) is 0.470. The van der Waals surface area contributed by atoms with Crippen LogP contribution >= 0.6 is 27.7 Å². The molecule has 4 nitrogen and oxygen atoms in total. The number of unbranched alkanes of at least 4 members (excludes halogenated alkanes) is 1. The standard InChI is InChI=1S/C11H15BrN2O2S/c1-17-7-3-2-6-13-11-5-4-9(14(15)16)8-10(11)12/h4-5,8,13H,2-3,6-7H2,1H3. The van der Waals surface area contributed by atoms with Crippen molar-refractivity contribution in [3.8, 4) is 0 Å². The second kappa shape index (κ2) is 7.55. The van der Waals surface area contributed by atoms with E-state index in [2.05, 4.69) is 27.5 Å². The molecule has 0 aliphatic heterocycles. The Labute approximate surface area is 113 Å². The van der Waals surface area contributed by atoms with Gasteiger partial charge in [-0.3, -0.25) is 10.1 Å². The molecule has 1 aromatic rings. The van der Waals surface area contributed by atoms with E-state index in [0.717, 1.165) is 23.1 Å². The molecule has 1 aromatic carbocycles.